The van der Waals surface area contributed by atoms with Crippen molar-refractivity contribution in [3.8, 4) is 0 Å². The molecule has 0 atom stereocenters. The number of aromatic nitrogens is 3. The van der Waals surface area contributed by atoms with E-state index >= 15 is 0 Å². The van der Waals surface area contributed by atoms with Gasteiger partial charge < -0.3 is 9.80 Å². The minimum Gasteiger partial charge on any atom is -0.339 e. The smallest absolute Gasteiger partial charge is 0.253 e. The lowest BCUT2D eigenvalue weighted by atomic mass is 10.1. The van der Waals surface area contributed by atoms with Crippen LogP contribution in [0.25, 0.3) is 0 Å². The van der Waals surface area contributed by atoms with Crippen LogP contribution < -0.4 is 0 Å². The van der Waals surface area contributed by atoms with Crippen molar-refractivity contribution in [1.29, 1.82) is 0 Å². The molecule has 1 aliphatic heterocycles. The number of nitrogens with one attached hydrogen (secondary N) is 1. The van der Waals surface area contributed by atoms with E-state index in [4.69, 9.17) is 0 Å². The number of thioether (sulfide) groups is 1. The molecule has 1 aliphatic rings. The molecule has 0 aliphatic carbocycles. The van der Waals surface area contributed by atoms with Gasteiger partial charge in [-0.3, -0.25) is 14.7 Å². The lowest BCUT2D eigenvalue weighted by Gasteiger charge is -2.35. The lowest BCUT2D eigenvalue weighted by Crippen LogP contribution is -2.51. The summed E-state index contributed by atoms with van der Waals surface area (Å²) in [6.07, 6.45) is 1.48. The molecule has 1 aromatic heterocycles. The van der Waals surface area contributed by atoms with Crippen molar-refractivity contribution in [1.82, 2.24) is 25.0 Å². The highest BCUT2D eigenvalue weighted by atomic mass is 32.2. The molecule has 2 heterocycles. The number of carbonyl (C=O) groups excluding carboxylic acids is 2. The largest absolute Gasteiger partial charge is 0.339 e. The van der Waals surface area contributed by atoms with E-state index in [1.165, 1.54) is 6.33 Å². The van der Waals surface area contributed by atoms with Gasteiger partial charge in [0.15, 0.2) is 5.16 Å². The maximum Gasteiger partial charge on any atom is 0.253 e. The molecule has 1 aromatic carbocycles. The summed E-state index contributed by atoms with van der Waals surface area (Å²) < 4.78 is 0. The number of nitrogens with zero attached hydrogens (tertiary/aromatic N) is 4. The summed E-state index contributed by atoms with van der Waals surface area (Å²) >= 11 is 1.57. The average molecular weight is 373 g/mol. The molecule has 138 valence electrons. The Labute approximate surface area is 157 Å². The van der Waals surface area contributed by atoms with E-state index in [0.717, 1.165) is 16.5 Å². The zero-order chi connectivity index (χ0) is 18.5. The van der Waals surface area contributed by atoms with Gasteiger partial charge in [0.05, 0.1) is 0 Å². The fourth-order valence-corrected chi connectivity index (χ4v) is 3.57. The van der Waals surface area contributed by atoms with Crippen LogP contribution in [0.1, 0.15) is 29.8 Å². The molecular formula is C18H23N5O2S. The average Bonchev–Trinajstić information content (AvgIpc) is 3.19. The van der Waals surface area contributed by atoms with Crippen molar-refractivity contribution in [2.75, 3.05) is 26.2 Å². The predicted octanol–water partition coefficient (Wildman–Crippen LogP) is 2.04. The quantitative estimate of drug-likeness (QED) is 0.811. The van der Waals surface area contributed by atoms with Gasteiger partial charge in [-0.2, -0.15) is 5.10 Å². The van der Waals surface area contributed by atoms with Gasteiger partial charge in [-0.25, -0.2) is 4.98 Å². The maximum absolute atomic E-state index is 12.7. The van der Waals surface area contributed by atoms with E-state index in [1.54, 1.807) is 11.8 Å². The summed E-state index contributed by atoms with van der Waals surface area (Å²) in [7, 11) is 0. The Kier molecular flexibility index (Phi) is 5.92. The van der Waals surface area contributed by atoms with Crippen LogP contribution in [0.3, 0.4) is 0 Å². The summed E-state index contributed by atoms with van der Waals surface area (Å²) in [5, 5.41) is 7.41. The van der Waals surface area contributed by atoms with Crippen LogP contribution in [0.15, 0.2) is 35.7 Å². The molecule has 26 heavy (non-hydrogen) atoms. The third-order valence-electron chi connectivity index (χ3n) is 4.34. The normalized spacial score (nSPS) is 14.7. The third kappa shape index (κ3) is 4.43. The molecule has 1 fully saturated rings. The molecular weight excluding hydrogens is 350 g/mol. The second-order valence-electron chi connectivity index (χ2n) is 6.55. The van der Waals surface area contributed by atoms with E-state index in [-0.39, 0.29) is 17.7 Å². The number of amides is 2. The third-order valence-corrected chi connectivity index (χ3v) is 5.29. The molecule has 0 unspecified atom stereocenters. The number of benzene rings is 1. The van der Waals surface area contributed by atoms with E-state index in [2.05, 4.69) is 15.2 Å². The second-order valence-corrected chi connectivity index (χ2v) is 7.51. The first-order valence-electron chi connectivity index (χ1n) is 8.70. The van der Waals surface area contributed by atoms with Gasteiger partial charge in [-0.05, 0) is 17.7 Å². The zero-order valence-electron chi connectivity index (χ0n) is 15.0. The first-order chi connectivity index (χ1) is 12.5. The van der Waals surface area contributed by atoms with Crippen LogP contribution in [0.4, 0.5) is 0 Å². The fraction of sp³-hybridized carbons (Fsp3) is 0.444. The number of hydrogen-bond acceptors (Lipinski definition) is 5. The number of aromatic amines is 1. The molecule has 2 amide bonds. The molecule has 0 radical (unpaired) electrons. The summed E-state index contributed by atoms with van der Waals surface area (Å²) in [5.41, 5.74) is 1.80. The summed E-state index contributed by atoms with van der Waals surface area (Å²) in [4.78, 5) is 32.4. The van der Waals surface area contributed by atoms with Gasteiger partial charge in [0.25, 0.3) is 5.91 Å². The molecule has 1 N–H and O–H groups in total. The van der Waals surface area contributed by atoms with Crippen molar-refractivity contribution in [2.24, 2.45) is 5.92 Å². The second kappa shape index (κ2) is 8.35. The molecule has 7 nitrogen and oxygen atoms in total. The molecule has 2 aromatic rings. The Morgan fingerprint density at radius 3 is 2.35 bits per heavy atom. The van der Waals surface area contributed by atoms with Crippen LogP contribution in [-0.4, -0.2) is 63.0 Å². The summed E-state index contributed by atoms with van der Waals surface area (Å²) in [6.45, 7) is 6.19. The maximum atomic E-state index is 12.7. The standard InChI is InChI=1S/C18H23N5O2S/c1-13(2)16(24)22-7-9-23(10-8-22)17(25)15-5-3-14(4-6-15)11-26-18-19-12-20-21-18/h3-6,12-13H,7-11H2,1-2H3,(H,19,20,21). The van der Waals surface area contributed by atoms with Gasteiger partial charge in [0.1, 0.15) is 6.33 Å². The minimum absolute atomic E-state index is 0.000348. The van der Waals surface area contributed by atoms with E-state index in [9.17, 15) is 9.59 Å². The lowest BCUT2D eigenvalue weighted by molar-refractivity contribution is -0.135. The molecule has 0 spiro atoms. The number of piperazine rings is 1. The van der Waals surface area contributed by atoms with Crippen LogP contribution >= 0.6 is 11.8 Å². The van der Waals surface area contributed by atoms with Gasteiger partial charge >= 0.3 is 0 Å². The highest BCUT2D eigenvalue weighted by Crippen LogP contribution is 2.19. The summed E-state index contributed by atoms with van der Waals surface area (Å²) in [5.74, 6) is 0.945. The first kappa shape index (κ1) is 18.4. The van der Waals surface area contributed by atoms with Crippen molar-refractivity contribution >= 4 is 23.6 Å². The van der Waals surface area contributed by atoms with E-state index < -0.39 is 0 Å². The van der Waals surface area contributed by atoms with Crippen molar-refractivity contribution in [2.45, 2.75) is 24.8 Å². The van der Waals surface area contributed by atoms with Crippen molar-refractivity contribution < 1.29 is 9.59 Å². The molecule has 0 saturated carbocycles. The topological polar surface area (TPSA) is 82.2 Å². The van der Waals surface area contributed by atoms with Gasteiger partial charge in [0, 0.05) is 43.4 Å². The Bertz CT molecular complexity index is 737. The Morgan fingerprint density at radius 1 is 1.12 bits per heavy atom. The highest BCUT2D eigenvalue weighted by Gasteiger charge is 2.25. The molecule has 1 saturated heterocycles. The fourth-order valence-electron chi connectivity index (χ4n) is 2.84. The van der Waals surface area contributed by atoms with Crippen molar-refractivity contribution in [3.05, 3.63) is 41.7 Å². The van der Waals surface area contributed by atoms with Crippen LogP contribution in [-0.2, 0) is 10.5 Å². The molecule has 3 rings (SSSR count). The van der Waals surface area contributed by atoms with Crippen LogP contribution in [0, 0.1) is 5.92 Å². The Morgan fingerprint density at radius 2 is 1.77 bits per heavy atom. The summed E-state index contributed by atoms with van der Waals surface area (Å²) in [6, 6.07) is 7.67. The van der Waals surface area contributed by atoms with E-state index in [0.29, 0.717) is 31.7 Å². The SMILES string of the molecule is CC(C)C(=O)N1CCN(C(=O)c2ccc(CSc3ncn[nH]3)cc2)CC1. The van der Waals surface area contributed by atoms with Gasteiger partial charge in [-0.1, -0.05) is 37.7 Å². The first-order valence-corrected chi connectivity index (χ1v) is 9.68. The van der Waals surface area contributed by atoms with Crippen molar-refractivity contribution in [3.63, 3.8) is 0 Å². The monoisotopic (exact) mass is 373 g/mol. The zero-order valence-corrected chi connectivity index (χ0v) is 15.8. The van der Waals surface area contributed by atoms with Gasteiger partial charge in [-0.15, -0.1) is 0 Å². The number of carbonyl (C=O) groups is 2. The Hall–Kier alpha value is -2.35. The predicted molar refractivity (Wildman–Crippen MR) is 99.7 cm³/mol. The van der Waals surface area contributed by atoms with Gasteiger partial charge in [0.2, 0.25) is 5.91 Å². The van der Waals surface area contributed by atoms with E-state index in [1.807, 2.05) is 47.9 Å². The number of hydrogen-bond donors (Lipinski definition) is 1. The van der Waals surface area contributed by atoms with Crippen LogP contribution in [0.5, 0.6) is 0 Å². The molecule has 8 heteroatoms. The highest BCUT2D eigenvalue weighted by molar-refractivity contribution is 7.98. The number of H-pyrrole nitrogens is 1. The number of rotatable bonds is 5. The minimum atomic E-state index is -0.000348. The Balaban J connectivity index is 1.53. The molecule has 0 bridgehead atoms. The van der Waals surface area contributed by atoms with Crippen LogP contribution in [0.2, 0.25) is 0 Å².